The highest BCUT2D eigenvalue weighted by molar-refractivity contribution is 6.39. The first-order valence-corrected chi connectivity index (χ1v) is 10.0. The molecule has 0 aliphatic carbocycles. The molecule has 1 unspecified atom stereocenters. The number of amides is 2. The summed E-state index contributed by atoms with van der Waals surface area (Å²) in [4.78, 5) is 25.2. The number of benzene rings is 2. The van der Waals surface area contributed by atoms with Crippen molar-refractivity contribution in [3.8, 4) is 0 Å². The van der Waals surface area contributed by atoms with Crippen LogP contribution in [0, 0.1) is 0 Å². The van der Waals surface area contributed by atoms with Crippen molar-refractivity contribution >= 4 is 46.4 Å². The van der Waals surface area contributed by atoms with Crippen molar-refractivity contribution in [2.24, 2.45) is 0 Å². The number of para-hydroxylation sites is 1. The number of hydrogen-bond acceptors (Lipinski definition) is 2. The zero-order valence-corrected chi connectivity index (χ0v) is 17.8. The monoisotopic (exact) mass is 422 g/mol. The molecule has 150 valence electrons. The van der Waals surface area contributed by atoms with E-state index in [1.54, 1.807) is 25.2 Å². The van der Waals surface area contributed by atoms with E-state index in [0.29, 0.717) is 21.7 Å². The molecule has 3 N–H and O–H groups in total. The molecule has 5 nitrogen and oxygen atoms in total. The van der Waals surface area contributed by atoms with Gasteiger partial charge in [-0.1, -0.05) is 55.2 Å². The van der Waals surface area contributed by atoms with Crippen LogP contribution in [-0.4, -0.2) is 32.0 Å². The van der Waals surface area contributed by atoms with Crippen molar-refractivity contribution in [1.29, 1.82) is 0 Å². The van der Waals surface area contributed by atoms with Gasteiger partial charge in [-0.05, 0) is 42.2 Å². The summed E-state index contributed by atoms with van der Waals surface area (Å²) in [7, 11) is 1.78. The second kappa shape index (κ2) is 10.5. The molecule has 2 aromatic rings. The van der Waals surface area contributed by atoms with Crippen molar-refractivity contribution < 1.29 is 14.5 Å². The molecule has 0 aliphatic heterocycles. The van der Waals surface area contributed by atoms with Gasteiger partial charge in [0, 0.05) is 5.69 Å². The molecule has 2 rings (SSSR count). The van der Waals surface area contributed by atoms with Crippen LogP contribution < -0.4 is 15.5 Å². The fourth-order valence-corrected chi connectivity index (χ4v) is 3.24. The van der Waals surface area contributed by atoms with Gasteiger partial charge in [0.25, 0.3) is 11.8 Å². The van der Waals surface area contributed by atoms with Crippen LogP contribution in [0.25, 0.3) is 0 Å². The Balaban J connectivity index is 1.84. The Morgan fingerprint density at radius 3 is 2.04 bits per heavy atom. The third-order valence-electron chi connectivity index (χ3n) is 4.53. The summed E-state index contributed by atoms with van der Waals surface area (Å²) in [6, 6.07) is 12.9. The first kappa shape index (κ1) is 22.2. The minimum absolute atomic E-state index is 0.113. The largest absolute Gasteiger partial charge is 0.322 e. The maximum Gasteiger partial charge on any atom is 0.279 e. The average Bonchev–Trinajstić information content (AvgIpc) is 2.64. The Morgan fingerprint density at radius 1 is 0.964 bits per heavy atom. The van der Waals surface area contributed by atoms with Gasteiger partial charge in [0.15, 0.2) is 13.1 Å². The molecule has 7 heteroatoms. The molecular weight excluding hydrogens is 397 g/mol. The normalized spacial score (nSPS) is 12.9. The number of quaternary nitrogens is 1. The number of rotatable bonds is 8. The van der Waals surface area contributed by atoms with Gasteiger partial charge in [-0.2, -0.15) is 0 Å². The quantitative estimate of drug-likeness (QED) is 0.608. The van der Waals surface area contributed by atoms with Crippen LogP contribution in [0.2, 0.25) is 10.0 Å². The highest BCUT2D eigenvalue weighted by Crippen LogP contribution is 2.29. The molecule has 0 spiro atoms. The molecule has 0 saturated heterocycles. The van der Waals surface area contributed by atoms with E-state index in [4.69, 9.17) is 23.2 Å². The third-order valence-corrected chi connectivity index (χ3v) is 5.16. The summed E-state index contributed by atoms with van der Waals surface area (Å²) in [5.41, 5.74) is 2.38. The zero-order chi connectivity index (χ0) is 20.7. The summed E-state index contributed by atoms with van der Waals surface area (Å²) in [5, 5.41) is 6.31. The third kappa shape index (κ3) is 6.51. The van der Waals surface area contributed by atoms with E-state index in [-0.39, 0.29) is 24.9 Å². The molecule has 0 aromatic heterocycles. The lowest BCUT2D eigenvalue weighted by molar-refractivity contribution is -0.862. The van der Waals surface area contributed by atoms with Gasteiger partial charge in [-0.15, -0.1) is 0 Å². The molecule has 28 heavy (non-hydrogen) atoms. The van der Waals surface area contributed by atoms with Crippen molar-refractivity contribution in [1.82, 2.24) is 0 Å². The molecule has 0 fully saturated rings. The van der Waals surface area contributed by atoms with Crippen LogP contribution in [0.15, 0.2) is 42.5 Å². The first-order valence-electron chi connectivity index (χ1n) is 9.25. The van der Waals surface area contributed by atoms with Gasteiger partial charge >= 0.3 is 0 Å². The van der Waals surface area contributed by atoms with Gasteiger partial charge in [-0.25, -0.2) is 0 Å². The Labute approximate surface area is 176 Å². The fraction of sp³-hybridized carbons (Fsp3) is 0.333. The smallest absolute Gasteiger partial charge is 0.279 e. The van der Waals surface area contributed by atoms with E-state index in [0.717, 1.165) is 17.0 Å². The second-order valence-corrected chi connectivity index (χ2v) is 7.75. The lowest BCUT2D eigenvalue weighted by Gasteiger charge is -2.15. The zero-order valence-electron chi connectivity index (χ0n) is 16.3. The summed E-state index contributed by atoms with van der Waals surface area (Å²) in [5.74, 6) is 0.0704. The minimum Gasteiger partial charge on any atom is -0.322 e. The maximum absolute atomic E-state index is 12.2. The Kier molecular flexibility index (Phi) is 8.30. The molecule has 0 radical (unpaired) electrons. The fourth-order valence-electron chi connectivity index (χ4n) is 2.75. The van der Waals surface area contributed by atoms with Crippen molar-refractivity contribution in [2.75, 3.05) is 30.8 Å². The maximum atomic E-state index is 12.2. The van der Waals surface area contributed by atoms with E-state index in [9.17, 15) is 9.59 Å². The number of hydrogen-bond donors (Lipinski definition) is 3. The van der Waals surface area contributed by atoms with E-state index in [2.05, 4.69) is 24.5 Å². The lowest BCUT2D eigenvalue weighted by atomic mass is 9.99. The van der Waals surface area contributed by atoms with Crippen LogP contribution in [0.1, 0.15) is 31.7 Å². The van der Waals surface area contributed by atoms with E-state index < -0.39 is 0 Å². The Bertz CT molecular complexity index is 805. The minimum atomic E-state index is -0.266. The Hall–Kier alpha value is -2.08. The molecule has 0 heterocycles. The van der Waals surface area contributed by atoms with Gasteiger partial charge in [-0.3, -0.25) is 9.59 Å². The number of nitrogens with one attached hydrogen (secondary N) is 3. The van der Waals surface area contributed by atoms with Crippen LogP contribution >= 0.6 is 23.2 Å². The summed E-state index contributed by atoms with van der Waals surface area (Å²) in [6.45, 7) is 4.60. The highest BCUT2D eigenvalue weighted by atomic mass is 35.5. The first-order chi connectivity index (χ1) is 13.3. The van der Waals surface area contributed by atoms with Gasteiger partial charge in [0.05, 0.1) is 22.8 Å². The number of carbonyl (C=O) groups excluding carboxylic acids is 2. The standard InChI is InChI=1S/C21H25Cl2N3O2/c1-4-14(2)15-8-10-16(11-9-15)24-19(27)12-26(3)13-20(28)25-21-17(22)6-5-7-18(21)23/h5-11,14H,4,12-13H2,1-3H3,(H,24,27)(H,25,28)/p+1/t14-/m1/s1. The molecule has 0 aliphatic rings. The van der Waals surface area contributed by atoms with Gasteiger partial charge in [0.2, 0.25) is 0 Å². The summed E-state index contributed by atoms with van der Waals surface area (Å²) < 4.78 is 0. The van der Waals surface area contributed by atoms with Crippen LogP contribution in [0.3, 0.4) is 0 Å². The number of halogens is 2. The number of likely N-dealkylation sites (N-methyl/N-ethyl adjacent to an activating group) is 1. The average molecular weight is 423 g/mol. The van der Waals surface area contributed by atoms with Gasteiger partial charge < -0.3 is 15.5 Å². The summed E-state index contributed by atoms with van der Waals surface area (Å²) in [6.07, 6.45) is 1.07. The van der Waals surface area contributed by atoms with Crippen LogP contribution in [0.4, 0.5) is 11.4 Å². The van der Waals surface area contributed by atoms with E-state index in [1.807, 2.05) is 24.3 Å². The molecular formula is C21H26Cl2N3O2+. The molecule has 0 saturated carbocycles. The van der Waals surface area contributed by atoms with Gasteiger partial charge in [0.1, 0.15) is 0 Å². The lowest BCUT2D eigenvalue weighted by Crippen LogP contribution is -3.11. The molecule has 2 amide bonds. The van der Waals surface area contributed by atoms with E-state index in [1.165, 1.54) is 5.56 Å². The predicted molar refractivity (Wildman–Crippen MR) is 115 cm³/mol. The number of anilines is 2. The molecule has 2 aromatic carbocycles. The SMILES string of the molecule is CC[C@@H](C)c1ccc(NC(=O)C[NH+](C)CC(=O)Nc2c(Cl)cccc2Cl)cc1. The Morgan fingerprint density at radius 2 is 1.50 bits per heavy atom. The second-order valence-electron chi connectivity index (χ2n) is 6.93. The van der Waals surface area contributed by atoms with E-state index >= 15 is 0 Å². The predicted octanol–water partition coefficient (Wildman–Crippen LogP) is 3.60. The van der Waals surface area contributed by atoms with Crippen LogP contribution in [0.5, 0.6) is 0 Å². The molecule has 0 bridgehead atoms. The van der Waals surface area contributed by atoms with Crippen molar-refractivity contribution in [3.63, 3.8) is 0 Å². The number of carbonyl (C=O) groups is 2. The van der Waals surface area contributed by atoms with Crippen molar-refractivity contribution in [2.45, 2.75) is 26.2 Å². The van der Waals surface area contributed by atoms with Crippen LogP contribution in [-0.2, 0) is 9.59 Å². The highest BCUT2D eigenvalue weighted by Gasteiger charge is 2.16. The molecule has 2 atom stereocenters. The van der Waals surface area contributed by atoms with Crippen molar-refractivity contribution in [3.05, 3.63) is 58.1 Å². The summed E-state index contributed by atoms with van der Waals surface area (Å²) >= 11 is 12.1. The topological polar surface area (TPSA) is 62.6 Å².